The van der Waals surface area contributed by atoms with Gasteiger partial charge in [0.05, 0.1) is 6.26 Å². The molecule has 3 aromatic rings. The highest BCUT2D eigenvalue weighted by Crippen LogP contribution is 2.43. The maximum absolute atomic E-state index is 12.3. The molecule has 1 aromatic heterocycles. The van der Waals surface area contributed by atoms with E-state index in [1.54, 1.807) is 36.4 Å². The molecule has 0 aliphatic heterocycles. The summed E-state index contributed by atoms with van der Waals surface area (Å²) in [5, 5.41) is 5.75. The molecule has 0 saturated heterocycles. The first-order valence-corrected chi connectivity index (χ1v) is 10.0. The van der Waals surface area contributed by atoms with Gasteiger partial charge >= 0.3 is 0 Å². The molecule has 2 N–H and O–H groups in total. The van der Waals surface area contributed by atoms with E-state index < -0.39 is 0 Å². The van der Waals surface area contributed by atoms with E-state index in [4.69, 9.17) is 9.15 Å². The predicted octanol–water partition coefficient (Wildman–Crippen LogP) is 4.15. The van der Waals surface area contributed by atoms with Gasteiger partial charge in [-0.25, -0.2) is 0 Å². The first-order chi connectivity index (χ1) is 14.6. The lowest BCUT2D eigenvalue weighted by atomic mass is 9.64. The zero-order valence-corrected chi connectivity index (χ0v) is 16.6. The summed E-state index contributed by atoms with van der Waals surface area (Å²) in [6.45, 7) is 0.527. The van der Waals surface area contributed by atoms with Crippen molar-refractivity contribution in [3.63, 3.8) is 0 Å². The number of hydrogen-bond donors (Lipinski definition) is 2. The second-order valence-corrected chi connectivity index (χ2v) is 7.52. The van der Waals surface area contributed by atoms with Gasteiger partial charge in [-0.05, 0) is 42.7 Å². The maximum atomic E-state index is 12.3. The molecule has 30 heavy (non-hydrogen) atoms. The largest absolute Gasteiger partial charge is 0.484 e. The first kappa shape index (κ1) is 19.8. The van der Waals surface area contributed by atoms with Crippen molar-refractivity contribution in [2.45, 2.75) is 24.7 Å². The molecule has 1 aliphatic rings. The zero-order chi connectivity index (χ0) is 20.8. The fourth-order valence-electron chi connectivity index (χ4n) is 3.69. The molecule has 1 saturated carbocycles. The Balaban J connectivity index is 1.28. The summed E-state index contributed by atoms with van der Waals surface area (Å²) in [6, 6.07) is 20.5. The molecular formula is C24H24N2O4. The van der Waals surface area contributed by atoms with E-state index in [1.165, 1.54) is 18.2 Å². The molecule has 0 unspecified atom stereocenters. The highest BCUT2D eigenvalue weighted by Gasteiger charge is 2.38. The topological polar surface area (TPSA) is 80.6 Å². The van der Waals surface area contributed by atoms with E-state index in [-0.39, 0.29) is 29.6 Å². The van der Waals surface area contributed by atoms with Gasteiger partial charge in [0.25, 0.3) is 11.8 Å². The average molecular weight is 404 g/mol. The summed E-state index contributed by atoms with van der Waals surface area (Å²) in [5.74, 6) is 0.219. The molecule has 6 heteroatoms. The average Bonchev–Trinajstić information content (AvgIpc) is 3.28. The van der Waals surface area contributed by atoms with Crippen LogP contribution in [0, 0.1) is 0 Å². The highest BCUT2D eigenvalue weighted by atomic mass is 16.5. The number of hydrogen-bond acceptors (Lipinski definition) is 4. The highest BCUT2D eigenvalue weighted by molar-refractivity contribution is 6.02. The minimum Gasteiger partial charge on any atom is -0.484 e. The van der Waals surface area contributed by atoms with Gasteiger partial charge < -0.3 is 19.8 Å². The van der Waals surface area contributed by atoms with Gasteiger partial charge in [0, 0.05) is 23.7 Å². The van der Waals surface area contributed by atoms with Crippen molar-refractivity contribution < 1.29 is 18.7 Å². The predicted molar refractivity (Wildman–Crippen MR) is 114 cm³/mol. The van der Waals surface area contributed by atoms with Crippen LogP contribution in [0.25, 0.3) is 0 Å². The van der Waals surface area contributed by atoms with Crippen molar-refractivity contribution in [2.24, 2.45) is 0 Å². The van der Waals surface area contributed by atoms with Gasteiger partial charge in [0.1, 0.15) is 5.75 Å². The molecule has 0 radical (unpaired) electrons. The molecule has 0 spiro atoms. The van der Waals surface area contributed by atoms with Crippen molar-refractivity contribution in [3.05, 3.63) is 84.3 Å². The van der Waals surface area contributed by atoms with Crippen LogP contribution >= 0.6 is 0 Å². The molecule has 2 amide bonds. The number of furan rings is 1. The summed E-state index contributed by atoms with van der Waals surface area (Å²) in [6.07, 6.45) is 4.78. The van der Waals surface area contributed by atoms with Crippen molar-refractivity contribution in [2.75, 3.05) is 18.5 Å². The van der Waals surface area contributed by atoms with Crippen LogP contribution in [0.4, 0.5) is 5.69 Å². The van der Waals surface area contributed by atoms with Crippen molar-refractivity contribution in [1.82, 2.24) is 5.32 Å². The van der Waals surface area contributed by atoms with Crippen LogP contribution < -0.4 is 15.4 Å². The number of anilines is 1. The van der Waals surface area contributed by atoms with Gasteiger partial charge in [0.2, 0.25) is 0 Å². The molecule has 1 fully saturated rings. The summed E-state index contributed by atoms with van der Waals surface area (Å²) < 4.78 is 10.7. The SMILES string of the molecule is O=C(COc1cccc(NC(=O)c2ccco2)c1)NCC1(c2ccccc2)CCC1. The minimum atomic E-state index is -0.346. The van der Waals surface area contributed by atoms with E-state index in [0.29, 0.717) is 18.0 Å². The number of ether oxygens (including phenoxy) is 1. The second kappa shape index (κ2) is 8.86. The Kier molecular flexibility index (Phi) is 5.84. The summed E-state index contributed by atoms with van der Waals surface area (Å²) >= 11 is 0. The van der Waals surface area contributed by atoms with E-state index >= 15 is 0 Å². The number of rotatable bonds is 8. The van der Waals surface area contributed by atoms with Gasteiger partial charge in [0.15, 0.2) is 12.4 Å². The third-order valence-electron chi connectivity index (χ3n) is 5.53. The lowest BCUT2D eigenvalue weighted by molar-refractivity contribution is -0.123. The zero-order valence-electron chi connectivity index (χ0n) is 16.6. The van der Waals surface area contributed by atoms with Crippen molar-refractivity contribution in [1.29, 1.82) is 0 Å². The van der Waals surface area contributed by atoms with Crippen LogP contribution in [-0.2, 0) is 10.2 Å². The number of nitrogens with one attached hydrogen (secondary N) is 2. The van der Waals surface area contributed by atoms with Crippen LogP contribution in [0.3, 0.4) is 0 Å². The Morgan fingerprint density at radius 1 is 1.00 bits per heavy atom. The van der Waals surface area contributed by atoms with E-state index in [2.05, 4.69) is 22.8 Å². The number of carbonyl (C=O) groups is 2. The molecule has 0 atom stereocenters. The van der Waals surface area contributed by atoms with Crippen molar-refractivity contribution >= 4 is 17.5 Å². The smallest absolute Gasteiger partial charge is 0.291 e. The van der Waals surface area contributed by atoms with E-state index in [9.17, 15) is 9.59 Å². The summed E-state index contributed by atoms with van der Waals surface area (Å²) in [5.41, 5.74) is 1.87. The number of amides is 2. The lowest BCUT2D eigenvalue weighted by Gasteiger charge is -2.42. The molecule has 2 aromatic carbocycles. The molecule has 1 heterocycles. The molecule has 4 rings (SSSR count). The molecule has 0 bridgehead atoms. The van der Waals surface area contributed by atoms with E-state index in [0.717, 1.165) is 12.8 Å². The quantitative estimate of drug-likeness (QED) is 0.591. The van der Waals surface area contributed by atoms with Gasteiger partial charge in [-0.1, -0.05) is 42.8 Å². The normalized spacial score (nSPS) is 14.4. The lowest BCUT2D eigenvalue weighted by Crippen LogP contribution is -2.46. The van der Waals surface area contributed by atoms with Crippen LogP contribution in [0.5, 0.6) is 5.75 Å². The Morgan fingerprint density at radius 2 is 1.83 bits per heavy atom. The van der Waals surface area contributed by atoms with E-state index in [1.807, 2.05) is 18.2 Å². The standard InChI is InChI=1S/C24H24N2O4/c27-22(25-17-24(12-6-13-24)18-7-2-1-3-8-18)16-30-20-10-4-9-19(15-20)26-23(28)21-11-5-14-29-21/h1-5,7-11,14-15H,6,12-13,16-17H2,(H,25,27)(H,26,28). The van der Waals surface area contributed by atoms with Gasteiger partial charge in [-0.3, -0.25) is 9.59 Å². The molecule has 6 nitrogen and oxygen atoms in total. The third-order valence-corrected chi connectivity index (χ3v) is 5.53. The van der Waals surface area contributed by atoms with Gasteiger partial charge in [-0.15, -0.1) is 0 Å². The van der Waals surface area contributed by atoms with Crippen LogP contribution in [-0.4, -0.2) is 25.0 Å². The van der Waals surface area contributed by atoms with Crippen LogP contribution in [0.2, 0.25) is 0 Å². The summed E-state index contributed by atoms with van der Waals surface area (Å²) in [7, 11) is 0. The minimum absolute atomic E-state index is 0.0347. The first-order valence-electron chi connectivity index (χ1n) is 10.0. The van der Waals surface area contributed by atoms with Gasteiger partial charge in [-0.2, -0.15) is 0 Å². The summed E-state index contributed by atoms with van der Waals surface area (Å²) in [4.78, 5) is 24.4. The molecule has 154 valence electrons. The number of carbonyl (C=O) groups excluding carboxylic acids is 2. The monoisotopic (exact) mass is 404 g/mol. The second-order valence-electron chi connectivity index (χ2n) is 7.52. The fraction of sp³-hybridized carbons (Fsp3) is 0.250. The van der Waals surface area contributed by atoms with Crippen molar-refractivity contribution in [3.8, 4) is 5.75 Å². The van der Waals surface area contributed by atoms with Crippen LogP contribution in [0.1, 0.15) is 35.4 Å². The maximum Gasteiger partial charge on any atom is 0.291 e. The Morgan fingerprint density at radius 3 is 2.53 bits per heavy atom. The molecular weight excluding hydrogens is 380 g/mol. The number of benzene rings is 2. The molecule has 1 aliphatic carbocycles. The fourth-order valence-corrected chi connectivity index (χ4v) is 3.69. The Labute approximate surface area is 175 Å². The Hall–Kier alpha value is -3.54. The Bertz CT molecular complexity index is 995. The van der Waals surface area contributed by atoms with Crippen LogP contribution in [0.15, 0.2) is 77.4 Å². The third kappa shape index (κ3) is 4.54.